The van der Waals surface area contributed by atoms with Gasteiger partial charge in [-0.05, 0) is 48.2 Å². The summed E-state index contributed by atoms with van der Waals surface area (Å²) >= 11 is 0. The van der Waals surface area contributed by atoms with Crippen LogP contribution in [0.15, 0.2) is 48.8 Å². The Morgan fingerprint density at radius 2 is 1.96 bits per heavy atom. The maximum atomic E-state index is 12.6. The number of anilines is 1. The van der Waals surface area contributed by atoms with E-state index in [4.69, 9.17) is 0 Å². The fourth-order valence-electron chi connectivity index (χ4n) is 2.71. The van der Waals surface area contributed by atoms with Gasteiger partial charge in [0.25, 0.3) is 5.91 Å². The van der Waals surface area contributed by atoms with E-state index in [1.807, 2.05) is 18.2 Å². The summed E-state index contributed by atoms with van der Waals surface area (Å²) < 4.78 is 0. The van der Waals surface area contributed by atoms with Gasteiger partial charge in [-0.1, -0.05) is 13.0 Å². The highest BCUT2D eigenvalue weighted by Gasteiger charge is 2.39. The maximum Gasteiger partial charge on any atom is 0.253 e. The van der Waals surface area contributed by atoms with Crippen LogP contribution in [0.3, 0.4) is 0 Å². The van der Waals surface area contributed by atoms with Gasteiger partial charge in [-0.15, -0.1) is 0 Å². The highest BCUT2D eigenvalue weighted by atomic mass is 16.2. The normalized spacial score (nSPS) is 18.8. The van der Waals surface area contributed by atoms with Crippen molar-refractivity contribution >= 4 is 17.5 Å². The van der Waals surface area contributed by atoms with Crippen molar-refractivity contribution in [1.82, 2.24) is 9.88 Å². The second-order valence-corrected chi connectivity index (χ2v) is 6.41. The summed E-state index contributed by atoms with van der Waals surface area (Å²) in [5, 5.41) is 2.90. The molecule has 124 valence electrons. The summed E-state index contributed by atoms with van der Waals surface area (Å²) in [5.74, 6) is 0.528. The van der Waals surface area contributed by atoms with Gasteiger partial charge in [-0.3, -0.25) is 14.6 Å². The van der Waals surface area contributed by atoms with Crippen molar-refractivity contribution in [3.63, 3.8) is 0 Å². The zero-order valence-electron chi connectivity index (χ0n) is 13.9. The lowest BCUT2D eigenvalue weighted by Crippen LogP contribution is -2.26. The number of carbonyl (C=O) groups is 2. The maximum absolute atomic E-state index is 12.6. The number of benzene rings is 1. The summed E-state index contributed by atoms with van der Waals surface area (Å²) in [5.41, 5.74) is 2.25. The molecule has 0 saturated heterocycles. The van der Waals surface area contributed by atoms with Crippen LogP contribution >= 0.6 is 0 Å². The number of aromatic nitrogens is 1. The third kappa shape index (κ3) is 3.79. The lowest BCUT2D eigenvalue weighted by atomic mass is 10.1. The van der Waals surface area contributed by atoms with E-state index < -0.39 is 0 Å². The lowest BCUT2D eigenvalue weighted by Gasteiger charge is -2.17. The molecule has 1 saturated carbocycles. The molecule has 0 radical (unpaired) electrons. The minimum absolute atomic E-state index is 0.0391. The van der Waals surface area contributed by atoms with Gasteiger partial charge in [-0.25, -0.2) is 0 Å². The Labute approximate surface area is 141 Å². The minimum atomic E-state index is -0.0808. The molecule has 24 heavy (non-hydrogen) atoms. The number of amides is 2. The van der Waals surface area contributed by atoms with Crippen LogP contribution in [-0.4, -0.2) is 28.7 Å². The zero-order valence-corrected chi connectivity index (χ0v) is 13.9. The van der Waals surface area contributed by atoms with Crippen LogP contribution in [0.1, 0.15) is 29.3 Å². The Morgan fingerprint density at radius 3 is 2.62 bits per heavy atom. The van der Waals surface area contributed by atoms with E-state index in [0.717, 1.165) is 12.0 Å². The van der Waals surface area contributed by atoms with Crippen LogP contribution in [0, 0.1) is 11.8 Å². The predicted octanol–water partition coefficient (Wildman–Crippen LogP) is 2.95. The van der Waals surface area contributed by atoms with Crippen LogP contribution < -0.4 is 5.32 Å². The molecule has 3 rings (SSSR count). The Balaban J connectivity index is 1.66. The zero-order chi connectivity index (χ0) is 17.1. The molecule has 5 nitrogen and oxygen atoms in total. The van der Waals surface area contributed by atoms with Crippen LogP contribution in [0.4, 0.5) is 5.69 Å². The molecule has 1 aliphatic rings. The van der Waals surface area contributed by atoms with Crippen molar-refractivity contribution in [1.29, 1.82) is 0 Å². The average Bonchev–Trinajstić information content (AvgIpc) is 3.32. The van der Waals surface area contributed by atoms with Crippen LogP contribution in [-0.2, 0) is 11.3 Å². The van der Waals surface area contributed by atoms with E-state index >= 15 is 0 Å². The second-order valence-electron chi connectivity index (χ2n) is 6.41. The second kappa shape index (κ2) is 6.83. The van der Waals surface area contributed by atoms with Crippen molar-refractivity contribution in [3.05, 3.63) is 59.9 Å². The monoisotopic (exact) mass is 323 g/mol. The quantitative estimate of drug-likeness (QED) is 0.920. The summed E-state index contributed by atoms with van der Waals surface area (Å²) in [6, 6.07) is 10.9. The molecule has 2 atom stereocenters. The minimum Gasteiger partial charge on any atom is -0.337 e. The standard InChI is InChI=1S/C19H21N3O2/c1-13-10-17(13)18(23)21-16-5-3-4-15(11-16)19(24)22(2)12-14-6-8-20-9-7-14/h3-9,11,13,17H,10,12H2,1-2H3,(H,21,23)/t13-,17+/m0/s1. The first-order valence-electron chi connectivity index (χ1n) is 8.10. The Kier molecular flexibility index (Phi) is 4.60. The van der Waals surface area contributed by atoms with E-state index in [1.54, 1.807) is 42.5 Å². The number of nitrogens with one attached hydrogen (secondary N) is 1. The van der Waals surface area contributed by atoms with Crippen LogP contribution in [0.5, 0.6) is 0 Å². The van der Waals surface area contributed by atoms with Crippen LogP contribution in [0.2, 0.25) is 0 Å². The fraction of sp³-hybridized carbons (Fsp3) is 0.316. The van der Waals surface area contributed by atoms with E-state index in [0.29, 0.717) is 23.7 Å². The summed E-state index contributed by atoms with van der Waals surface area (Å²) in [4.78, 5) is 30.2. The van der Waals surface area contributed by atoms with Crippen molar-refractivity contribution in [2.75, 3.05) is 12.4 Å². The first-order valence-corrected chi connectivity index (χ1v) is 8.10. The molecule has 0 bridgehead atoms. The largest absolute Gasteiger partial charge is 0.337 e. The van der Waals surface area contributed by atoms with Crippen LogP contribution in [0.25, 0.3) is 0 Å². The summed E-state index contributed by atoms with van der Waals surface area (Å²) in [6.45, 7) is 2.58. The van der Waals surface area contributed by atoms with Crippen molar-refractivity contribution in [3.8, 4) is 0 Å². The number of carbonyl (C=O) groups excluding carboxylic acids is 2. The molecule has 1 aliphatic carbocycles. The topological polar surface area (TPSA) is 62.3 Å². The van der Waals surface area contributed by atoms with Gasteiger partial charge in [0, 0.05) is 43.2 Å². The molecule has 0 spiro atoms. The summed E-state index contributed by atoms with van der Waals surface area (Å²) in [6.07, 6.45) is 4.37. The third-order valence-electron chi connectivity index (χ3n) is 4.34. The molecule has 0 unspecified atom stereocenters. The lowest BCUT2D eigenvalue weighted by molar-refractivity contribution is -0.117. The van der Waals surface area contributed by atoms with Gasteiger partial charge in [0.1, 0.15) is 0 Å². The highest BCUT2D eigenvalue weighted by Crippen LogP contribution is 2.38. The van der Waals surface area contributed by atoms with E-state index in [1.165, 1.54) is 0 Å². The first-order chi connectivity index (χ1) is 11.5. The number of nitrogens with zero attached hydrogens (tertiary/aromatic N) is 2. The molecular formula is C19H21N3O2. The van der Waals surface area contributed by atoms with Gasteiger partial charge in [0.15, 0.2) is 0 Å². The van der Waals surface area contributed by atoms with Crippen molar-refractivity contribution < 1.29 is 9.59 Å². The SMILES string of the molecule is C[C@H]1C[C@H]1C(=O)Nc1cccc(C(=O)N(C)Cc2ccncc2)c1. The van der Waals surface area contributed by atoms with E-state index in [2.05, 4.69) is 17.2 Å². The Bertz CT molecular complexity index is 745. The Morgan fingerprint density at radius 1 is 1.25 bits per heavy atom. The number of hydrogen-bond acceptors (Lipinski definition) is 3. The smallest absolute Gasteiger partial charge is 0.253 e. The van der Waals surface area contributed by atoms with E-state index in [-0.39, 0.29) is 17.7 Å². The molecule has 1 N–H and O–H groups in total. The molecule has 1 fully saturated rings. The number of hydrogen-bond donors (Lipinski definition) is 1. The van der Waals surface area contributed by atoms with Gasteiger partial charge in [0.2, 0.25) is 5.91 Å². The Hall–Kier alpha value is -2.69. The molecule has 0 aliphatic heterocycles. The molecule has 1 heterocycles. The molecule has 5 heteroatoms. The average molecular weight is 323 g/mol. The molecule has 1 aromatic heterocycles. The first kappa shape index (κ1) is 16.2. The molecule has 2 amide bonds. The number of pyridine rings is 1. The number of rotatable bonds is 5. The predicted molar refractivity (Wildman–Crippen MR) is 92.4 cm³/mol. The van der Waals surface area contributed by atoms with Crippen molar-refractivity contribution in [2.45, 2.75) is 19.9 Å². The van der Waals surface area contributed by atoms with Gasteiger partial charge < -0.3 is 10.2 Å². The third-order valence-corrected chi connectivity index (χ3v) is 4.34. The highest BCUT2D eigenvalue weighted by molar-refractivity contribution is 5.98. The molecular weight excluding hydrogens is 302 g/mol. The van der Waals surface area contributed by atoms with Crippen molar-refractivity contribution in [2.24, 2.45) is 11.8 Å². The summed E-state index contributed by atoms with van der Waals surface area (Å²) in [7, 11) is 1.76. The fourth-order valence-corrected chi connectivity index (χ4v) is 2.71. The van der Waals surface area contributed by atoms with E-state index in [9.17, 15) is 9.59 Å². The van der Waals surface area contributed by atoms with Gasteiger partial charge >= 0.3 is 0 Å². The molecule has 2 aromatic rings. The van der Waals surface area contributed by atoms with Gasteiger partial charge in [0.05, 0.1) is 0 Å². The molecule has 1 aromatic carbocycles. The van der Waals surface area contributed by atoms with Gasteiger partial charge in [-0.2, -0.15) is 0 Å².